The first-order valence-corrected chi connectivity index (χ1v) is 10.5. The number of anilines is 1. The fourth-order valence-corrected chi connectivity index (χ4v) is 3.09. The van der Waals surface area contributed by atoms with Crippen molar-refractivity contribution in [3.05, 3.63) is 89.2 Å². The average Bonchev–Trinajstić information content (AvgIpc) is 3.48. The predicted octanol–water partition coefficient (Wildman–Crippen LogP) is 4.76. The largest absolute Gasteiger partial charge is 0.471 e. The number of benzene rings is 2. The van der Waals surface area contributed by atoms with Gasteiger partial charge in [0.2, 0.25) is 0 Å². The summed E-state index contributed by atoms with van der Waals surface area (Å²) in [5.74, 6) is 0.208. The van der Waals surface area contributed by atoms with Crippen molar-refractivity contribution in [3.63, 3.8) is 0 Å². The highest BCUT2D eigenvalue weighted by molar-refractivity contribution is 6.30. The van der Waals surface area contributed by atoms with Crippen LogP contribution in [0.1, 0.15) is 23.0 Å². The molecule has 2 heterocycles. The van der Waals surface area contributed by atoms with Crippen LogP contribution in [0.3, 0.4) is 0 Å². The van der Waals surface area contributed by atoms with Crippen LogP contribution < -0.4 is 14.8 Å². The number of hydrogen-bond acceptors (Lipinski definition) is 5. The van der Waals surface area contributed by atoms with Crippen LogP contribution >= 0.6 is 11.6 Å². The lowest BCUT2D eigenvalue weighted by Crippen LogP contribution is -2.14. The normalized spacial score (nSPS) is 10.8. The van der Waals surface area contributed by atoms with E-state index in [1.165, 1.54) is 34.6 Å². The number of aromatic nitrogens is 4. The number of hydrogen-bond donors (Lipinski definition) is 1. The van der Waals surface area contributed by atoms with Gasteiger partial charge in [0, 0.05) is 12.3 Å². The monoisotopic (exact) mass is 469 g/mol. The summed E-state index contributed by atoms with van der Waals surface area (Å²) in [4.78, 5) is 12.5. The smallest absolute Gasteiger partial charge is 0.276 e. The van der Waals surface area contributed by atoms with Crippen molar-refractivity contribution in [3.8, 4) is 11.5 Å². The van der Waals surface area contributed by atoms with E-state index >= 15 is 0 Å². The van der Waals surface area contributed by atoms with Crippen LogP contribution in [0.25, 0.3) is 0 Å². The van der Waals surface area contributed by atoms with E-state index in [0.717, 1.165) is 12.2 Å². The lowest BCUT2D eigenvalue weighted by molar-refractivity contribution is 0.102. The summed E-state index contributed by atoms with van der Waals surface area (Å²) in [5, 5.41) is 11.1. The molecule has 0 atom stereocenters. The highest BCUT2D eigenvalue weighted by Crippen LogP contribution is 2.21. The molecule has 1 N–H and O–H groups in total. The second kappa shape index (κ2) is 10.2. The zero-order valence-electron chi connectivity index (χ0n) is 17.7. The molecule has 33 heavy (non-hydrogen) atoms. The van der Waals surface area contributed by atoms with E-state index < -0.39 is 11.7 Å². The van der Waals surface area contributed by atoms with Crippen molar-refractivity contribution in [1.29, 1.82) is 0 Å². The Labute approximate surface area is 194 Å². The molecule has 0 bridgehead atoms. The van der Waals surface area contributed by atoms with Gasteiger partial charge in [0.25, 0.3) is 5.91 Å². The summed E-state index contributed by atoms with van der Waals surface area (Å²) in [6.07, 6.45) is 5.76. The van der Waals surface area contributed by atoms with Gasteiger partial charge < -0.3 is 14.8 Å². The van der Waals surface area contributed by atoms with Crippen molar-refractivity contribution in [2.24, 2.45) is 0 Å². The van der Waals surface area contributed by atoms with Crippen LogP contribution in [0.4, 0.5) is 10.1 Å². The lowest BCUT2D eigenvalue weighted by atomic mass is 10.2. The Morgan fingerprint density at radius 1 is 1.06 bits per heavy atom. The van der Waals surface area contributed by atoms with Gasteiger partial charge in [-0.1, -0.05) is 30.7 Å². The minimum absolute atomic E-state index is 0.0315. The molecule has 4 rings (SSSR count). The number of carbonyl (C=O) groups excluding carboxylic acids is 1. The molecule has 4 aromatic rings. The van der Waals surface area contributed by atoms with Gasteiger partial charge in [0.15, 0.2) is 19.2 Å². The summed E-state index contributed by atoms with van der Waals surface area (Å²) >= 11 is 5.74. The third-order valence-electron chi connectivity index (χ3n) is 4.71. The van der Waals surface area contributed by atoms with Gasteiger partial charge >= 0.3 is 0 Å². The van der Waals surface area contributed by atoms with E-state index in [-0.39, 0.29) is 24.2 Å². The third-order valence-corrected chi connectivity index (χ3v) is 5.00. The van der Waals surface area contributed by atoms with Gasteiger partial charge in [-0.3, -0.25) is 4.79 Å². The van der Waals surface area contributed by atoms with Gasteiger partial charge in [-0.15, -0.1) is 0 Å². The molecule has 2 aromatic carbocycles. The van der Waals surface area contributed by atoms with Crippen LogP contribution in [0, 0.1) is 5.82 Å². The SMILES string of the molecule is CCc1ccc(OCn2cc(NC(=O)c3ccn(COc4ccc(F)c(Cl)c4)n3)cn2)cc1. The highest BCUT2D eigenvalue weighted by atomic mass is 35.5. The molecule has 2 aromatic heterocycles. The van der Waals surface area contributed by atoms with Gasteiger partial charge in [0.1, 0.15) is 17.3 Å². The van der Waals surface area contributed by atoms with Gasteiger partial charge in [-0.25, -0.2) is 13.8 Å². The van der Waals surface area contributed by atoms with Gasteiger partial charge in [-0.05, 0) is 42.3 Å². The van der Waals surface area contributed by atoms with Gasteiger partial charge in [0.05, 0.1) is 23.1 Å². The maximum atomic E-state index is 13.2. The van der Waals surface area contributed by atoms with E-state index in [1.807, 2.05) is 24.3 Å². The summed E-state index contributed by atoms with van der Waals surface area (Å²) in [7, 11) is 0. The molecular weight excluding hydrogens is 449 g/mol. The van der Waals surface area contributed by atoms with Crippen molar-refractivity contribution in [2.45, 2.75) is 26.8 Å². The standard InChI is InChI=1S/C23H21ClFN5O3/c1-2-16-3-5-18(6-4-16)32-15-30-13-17(12-26-30)27-23(31)22-9-10-29(28-22)14-33-19-7-8-21(25)20(24)11-19/h3-13H,2,14-15H2,1H3,(H,27,31). The molecule has 1 amide bonds. The Morgan fingerprint density at radius 2 is 1.79 bits per heavy atom. The number of nitrogens with zero attached hydrogens (tertiary/aromatic N) is 4. The van der Waals surface area contributed by atoms with E-state index in [4.69, 9.17) is 21.1 Å². The quantitative estimate of drug-likeness (QED) is 0.382. The third kappa shape index (κ3) is 5.89. The molecule has 0 unspecified atom stereocenters. The van der Waals surface area contributed by atoms with Crippen LogP contribution in [0.5, 0.6) is 11.5 Å². The molecule has 8 nitrogen and oxygen atoms in total. The van der Waals surface area contributed by atoms with Crippen molar-refractivity contribution >= 4 is 23.2 Å². The van der Waals surface area contributed by atoms with E-state index in [1.54, 1.807) is 23.1 Å². The van der Waals surface area contributed by atoms with Crippen molar-refractivity contribution < 1.29 is 18.7 Å². The first kappa shape index (κ1) is 22.3. The molecule has 0 saturated carbocycles. The summed E-state index contributed by atoms with van der Waals surface area (Å²) in [6, 6.07) is 13.5. The maximum absolute atomic E-state index is 13.2. The molecular formula is C23H21ClFN5O3. The van der Waals surface area contributed by atoms with E-state index in [9.17, 15) is 9.18 Å². The van der Waals surface area contributed by atoms with Gasteiger partial charge in [-0.2, -0.15) is 10.2 Å². The Balaban J connectivity index is 1.28. The number of nitrogens with one attached hydrogen (secondary N) is 1. The number of rotatable bonds is 9. The van der Waals surface area contributed by atoms with Crippen LogP contribution in [0.2, 0.25) is 5.02 Å². The second-order valence-corrected chi connectivity index (χ2v) is 7.49. The lowest BCUT2D eigenvalue weighted by Gasteiger charge is -2.07. The minimum Gasteiger partial charge on any atom is -0.471 e. The van der Waals surface area contributed by atoms with Crippen LogP contribution in [-0.4, -0.2) is 25.5 Å². The molecule has 0 spiro atoms. The number of amides is 1. The van der Waals surface area contributed by atoms with Crippen molar-refractivity contribution in [2.75, 3.05) is 5.32 Å². The molecule has 0 fully saturated rings. The average molecular weight is 470 g/mol. The molecule has 0 aliphatic rings. The molecule has 0 saturated heterocycles. The second-order valence-electron chi connectivity index (χ2n) is 7.08. The van der Waals surface area contributed by atoms with Crippen LogP contribution in [-0.2, 0) is 19.9 Å². The first-order chi connectivity index (χ1) is 16.0. The molecule has 0 aliphatic heterocycles. The Kier molecular flexibility index (Phi) is 6.89. The zero-order chi connectivity index (χ0) is 23.2. The van der Waals surface area contributed by atoms with Crippen molar-refractivity contribution in [1.82, 2.24) is 19.6 Å². The fraction of sp³-hybridized carbons (Fsp3) is 0.174. The molecule has 0 radical (unpaired) electrons. The maximum Gasteiger partial charge on any atom is 0.276 e. The fourth-order valence-electron chi connectivity index (χ4n) is 2.92. The Morgan fingerprint density at radius 3 is 2.55 bits per heavy atom. The number of halogens is 2. The molecule has 0 aliphatic carbocycles. The number of aryl methyl sites for hydroxylation is 1. The van der Waals surface area contributed by atoms with E-state index in [0.29, 0.717) is 11.4 Å². The molecule has 10 heteroatoms. The topological polar surface area (TPSA) is 83.2 Å². The summed E-state index contributed by atoms with van der Waals surface area (Å²) < 4.78 is 27.4. The predicted molar refractivity (Wildman–Crippen MR) is 121 cm³/mol. The summed E-state index contributed by atoms with van der Waals surface area (Å²) in [6.45, 7) is 2.34. The zero-order valence-corrected chi connectivity index (χ0v) is 18.5. The number of carbonyl (C=O) groups is 1. The minimum atomic E-state index is -0.525. The summed E-state index contributed by atoms with van der Waals surface area (Å²) in [5.41, 5.74) is 1.95. The molecule has 170 valence electrons. The van der Waals surface area contributed by atoms with Crippen LogP contribution in [0.15, 0.2) is 67.1 Å². The Hall–Kier alpha value is -3.85. The number of ether oxygens (including phenoxy) is 2. The first-order valence-electron chi connectivity index (χ1n) is 10.2. The Bertz CT molecular complexity index is 1240. The van der Waals surface area contributed by atoms with E-state index in [2.05, 4.69) is 22.4 Å². The highest BCUT2D eigenvalue weighted by Gasteiger charge is 2.12.